The van der Waals surface area contributed by atoms with Crippen molar-refractivity contribution in [1.29, 1.82) is 0 Å². The number of hydrogen-bond acceptors (Lipinski definition) is 5. The van der Waals surface area contributed by atoms with Crippen molar-refractivity contribution < 1.29 is 19.3 Å². The van der Waals surface area contributed by atoms with Crippen LogP contribution < -0.4 is 19.5 Å². The average molecular weight is 269 g/mol. The van der Waals surface area contributed by atoms with Crippen molar-refractivity contribution in [2.24, 2.45) is 0 Å². The summed E-state index contributed by atoms with van der Waals surface area (Å²) >= 11 is 0. The zero-order valence-electron chi connectivity index (χ0n) is 12.2. The number of rotatable bonds is 7. The van der Waals surface area contributed by atoms with E-state index in [2.05, 4.69) is 19.2 Å². The lowest BCUT2D eigenvalue weighted by Crippen LogP contribution is -2.34. The van der Waals surface area contributed by atoms with Crippen molar-refractivity contribution in [3.63, 3.8) is 0 Å². The number of ether oxygens (including phenoxy) is 3. The molecule has 0 unspecified atom stereocenters. The third-order valence-electron chi connectivity index (χ3n) is 3.07. The minimum Gasteiger partial charge on any atom is -0.496 e. The summed E-state index contributed by atoms with van der Waals surface area (Å²) in [6, 6.07) is 3.66. The third kappa shape index (κ3) is 3.52. The van der Waals surface area contributed by atoms with E-state index < -0.39 is 0 Å². The minimum atomic E-state index is -0.258. The van der Waals surface area contributed by atoms with Crippen LogP contribution in [0, 0.1) is 0 Å². The first-order chi connectivity index (χ1) is 9.00. The van der Waals surface area contributed by atoms with Gasteiger partial charge in [-0.15, -0.1) is 0 Å². The molecule has 0 fully saturated rings. The number of aliphatic hydroxyl groups excluding tert-OH is 1. The van der Waals surface area contributed by atoms with Crippen LogP contribution in [-0.4, -0.2) is 39.7 Å². The van der Waals surface area contributed by atoms with Crippen molar-refractivity contribution >= 4 is 0 Å². The molecule has 5 nitrogen and oxygen atoms in total. The summed E-state index contributed by atoms with van der Waals surface area (Å²) in [7, 11) is 4.84. The second-order valence-corrected chi connectivity index (χ2v) is 4.88. The molecule has 0 heterocycles. The maximum absolute atomic E-state index is 8.92. The van der Waals surface area contributed by atoms with E-state index in [1.54, 1.807) is 21.3 Å². The van der Waals surface area contributed by atoms with Crippen molar-refractivity contribution in [1.82, 2.24) is 5.32 Å². The van der Waals surface area contributed by atoms with E-state index in [9.17, 15) is 0 Å². The molecule has 0 amide bonds. The van der Waals surface area contributed by atoms with Gasteiger partial charge in [0.15, 0.2) is 0 Å². The van der Waals surface area contributed by atoms with Gasteiger partial charge in [0, 0.05) is 29.7 Å². The standard InChI is InChI=1S/C14H23NO4/c1-14(2,8-15-9-16)13-11(18-4)6-10(17-3)7-12(13)19-5/h6-7,15-16H,8-9H2,1-5H3. The van der Waals surface area contributed by atoms with E-state index in [0.29, 0.717) is 23.8 Å². The van der Waals surface area contributed by atoms with E-state index >= 15 is 0 Å². The Morgan fingerprint density at radius 3 is 1.95 bits per heavy atom. The van der Waals surface area contributed by atoms with Gasteiger partial charge in [-0.25, -0.2) is 0 Å². The Morgan fingerprint density at radius 2 is 1.58 bits per heavy atom. The third-order valence-corrected chi connectivity index (χ3v) is 3.07. The molecule has 1 aromatic rings. The molecule has 0 saturated heterocycles. The molecule has 0 aliphatic rings. The largest absolute Gasteiger partial charge is 0.496 e. The van der Waals surface area contributed by atoms with Gasteiger partial charge in [0.1, 0.15) is 17.2 Å². The Morgan fingerprint density at radius 1 is 1.05 bits per heavy atom. The molecule has 0 atom stereocenters. The highest BCUT2D eigenvalue weighted by Crippen LogP contribution is 2.41. The molecule has 5 heteroatoms. The predicted molar refractivity (Wildman–Crippen MR) is 74.2 cm³/mol. The van der Waals surface area contributed by atoms with Crippen LogP contribution in [0.2, 0.25) is 0 Å². The maximum Gasteiger partial charge on any atom is 0.130 e. The highest BCUT2D eigenvalue weighted by Gasteiger charge is 2.29. The summed E-state index contributed by atoms with van der Waals surface area (Å²) < 4.78 is 16.1. The molecule has 0 saturated carbocycles. The summed E-state index contributed by atoms with van der Waals surface area (Å²) in [5.41, 5.74) is 0.686. The van der Waals surface area contributed by atoms with Gasteiger partial charge in [-0.2, -0.15) is 0 Å². The Kier molecular flexibility index (Phi) is 5.44. The van der Waals surface area contributed by atoms with Crippen LogP contribution in [0.5, 0.6) is 17.2 Å². The van der Waals surface area contributed by atoms with Crippen LogP contribution in [0.1, 0.15) is 19.4 Å². The first-order valence-electron chi connectivity index (χ1n) is 6.12. The normalized spacial score (nSPS) is 11.3. The monoisotopic (exact) mass is 269 g/mol. The van der Waals surface area contributed by atoms with Crippen LogP contribution in [0.15, 0.2) is 12.1 Å². The number of methoxy groups -OCH3 is 3. The lowest BCUT2D eigenvalue weighted by molar-refractivity contribution is 0.245. The Bertz CT molecular complexity index is 393. The molecule has 0 aliphatic carbocycles. The van der Waals surface area contributed by atoms with E-state index in [1.165, 1.54) is 0 Å². The molecule has 0 aliphatic heterocycles. The highest BCUT2D eigenvalue weighted by atomic mass is 16.5. The predicted octanol–water partition coefficient (Wildman–Crippen LogP) is 1.53. The topological polar surface area (TPSA) is 60.0 Å². The van der Waals surface area contributed by atoms with Gasteiger partial charge in [0.05, 0.1) is 28.1 Å². The molecule has 0 radical (unpaired) electrons. The minimum absolute atomic E-state index is 0.0653. The lowest BCUT2D eigenvalue weighted by Gasteiger charge is -2.29. The fourth-order valence-electron chi connectivity index (χ4n) is 2.13. The van der Waals surface area contributed by atoms with E-state index in [0.717, 1.165) is 5.56 Å². The molecule has 1 aromatic carbocycles. The Balaban J connectivity index is 3.30. The molecule has 0 bridgehead atoms. The number of nitrogens with one attached hydrogen (secondary N) is 1. The molecule has 108 valence electrons. The van der Waals surface area contributed by atoms with Crippen molar-refractivity contribution in [2.75, 3.05) is 34.6 Å². The van der Waals surface area contributed by atoms with Gasteiger partial charge in [-0.3, -0.25) is 5.32 Å². The maximum atomic E-state index is 8.92. The number of hydrogen-bond donors (Lipinski definition) is 2. The van der Waals surface area contributed by atoms with E-state index in [4.69, 9.17) is 19.3 Å². The smallest absolute Gasteiger partial charge is 0.130 e. The van der Waals surface area contributed by atoms with Gasteiger partial charge in [-0.05, 0) is 0 Å². The van der Waals surface area contributed by atoms with Crippen LogP contribution in [0.4, 0.5) is 0 Å². The van der Waals surface area contributed by atoms with Crippen molar-refractivity contribution in [3.05, 3.63) is 17.7 Å². The van der Waals surface area contributed by atoms with Gasteiger partial charge < -0.3 is 19.3 Å². The first-order valence-corrected chi connectivity index (χ1v) is 6.12. The van der Waals surface area contributed by atoms with Gasteiger partial charge in [-0.1, -0.05) is 13.8 Å². The fourth-order valence-corrected chi connectivity index (χ4v) is 2.13. The summed E-state index contributed by atoms with van der Waals surface area (Å²) in [6.07, 6.45) is 0. The molecule has 2 N–H and O–H groups in total. The zero-order valence-corrected chi connectivity index (χ0v) is 12.2. The fraction of sp³-hybridized carbons (Fsp3) is 0.571. The Labute approximate surface area is 114 Å². The second-order valence-electron chi connectivity index (χ2n) is 4.88. The molecule has 19 heavy (non-hydrogen) atoms. The van der Waals surface area contributed by atoms with E-state index in [-0.39, 0.29) is 12.1 Å². The molecular formula is C14H23NO4. The Hall–Kier alpha value is -1.46. The first kappa shape index (κ1) is 15.6. The molecular weight excluding hydrogens is 246 g/mol. The van der Waals surface area contributed by atoms with Crippen LogP contribution in [0.25, 0.3) is 0 Å². The zero-order chi connectivity index (χ0) is 14.5. The van der Waals surface area contributed by atoms with Crippen molar-refractivity contribution in [3.8, 4) is 17.2 Å². The van der Waals surface area contributed by atoms with Gasteiger partial charge in [0.25, 0.3) is 0 Å². The summed E-state index contributed by atoms with van der Waals surface area (Å²) in [5, 5.41) is 11.8. The molecule has 1 rings (SSSR count). The van der Waals surface area contributed by atoms with Gasteiger partial charge in [0.2, 0.25) is 0 Å². The van der Waals surface area contributed by atoms with Crippen LogP contribution >= 0.6 is 0 Å². The second kappa shape index (κ2) is 6.63. The molecule has 0 aromatic heterocycles. The van der Waals surface area contributed by atoms with Crippen LogP contribution in [0.3, 0.4) is 0 Å². The van der Waals surface area contributed by atoms with Crippen LogP contribution in [-0.2, 0) is 5.41 Å². The number of aliphatic hydroxyl groups is 1. The molecule has 0 spiro atoms. The summed E-state index contributed by atoms with van der Waals surface area (Å²) in [4.78, 5) is 0. The van der Waals surface area contributed by atoms with Crippen molar-refractivity contribution in [2.45, 2.75) is 19.3 Å². The average Bonchev–Trinajstić information content (AvgIpc) is 2.43. The summed E-state index contributed by atoms with van der Waals surface area (Å²) in [6.45, 7) is 4.65. The quantitative estimate of drug-likeness (QED) is 0.735. The number of benzene rings is 1. The summed E-state index contributed by atoms with van der Waals surface area (Å²) in [5.74, 6) is 2.10. The SMILES string of the molecule is COc1cc(OC)c(C(C)(C)CNCO)c(OC)c1. The highest BCUT2D eigenvalue weighted by molar-refractivity contribution is 5.54. The lowest BCUT2D eigenvalue weighted by atomic mass is 9.83. The van der Waals surface area contributed by atoms with E-state index in [1.807, 2.05) is 12.1 Å². The van der Waals surface area contributed by atoms with Gasteiger partial charge >= 0.3 is 0 Å².